The van der Waals surface area contributed by atoms with Crippen LogP contribution in [0, 0.1) is 0 Å². The maximum absolute atomic E-state index is 13.1. The fourth-order valence-corrected chi connectivity index (χ4v) is 4.01. The predicted molar refractivity (Wildman–Crippen MR) is 136 cm³/mol. The second-order valence-corrected chi connectivity index (χ2v) is 8.39. The van der Waals surface area contributed by atoms with E-state index in [0.29, 0.717) is 22.7 Å². The van der Waals surface area contributed by atoms with E-state index in [2.05, 4.69) is 0 Å². The van der Waals surface area contributed by atoms with Crippen molar-refractivity contribution in [1.29, 1.82) is 0 Å². The predicted octanol–water partition coefficient (Wildman–Crippen LogP) is 5.71. The molecule has 4 aromatic rings. The standard InChI is InChI=1S/C30H21NO6/c1-19(27(32)20-8-4-2-5-9-20)36-30(35)21-12-17-25-26(18-21)29(34)31(28(25)33)22-13-15-24(16-14-22)37-23-10-6-3-7-11-23/h2-19H,1H3. The van der Waals surface area contributed by atoms with Gasteiger partial charge in [0.15, 0.2) is 6.10 Å². The molecule has 182 valence electrons. The average Bonchev–Trinajstić information content (AvgIpc) is 3.18. The van der Waals surface area contributed by atoms with Crippen LogP contribution in [-0.2, 0) is 4.74 Å². The summed E-state index contributed by atoms with van der Waals surface area (Å²) >= 11 is 0. The second kappa shape index (κ2) is 9.91. The van der Waals surface area contributed by atoms with E-state index < -0.39 is 23.9 Å². The summed E-state index contributed by atoms with van der Waals surface area (Å²) in [5.41, 5.74) is 1.14. The van der Waals surface area contributed by atoms with Gasteiger partial charge in [0, 0.05) is 5.56 Å². The van der Waals surface area contributed by atoms with Gasteiger partial charge in [-0.25, -0.2) is 9.69 Å². The van der Waals surface area contributed by atoms with Gasteiger partial charge in [0.25, 0.3) is 11.8 Å². The van der Waals surface area contributed by atoms with Crippen molar-refractivity contribution in [3.8, 4) is 11.5 Å². The van der Waals surface area contributed by atoms with Crippen LogP contribution in [0.25, 0.3) is 0 Å². The highest BCUT2D eigenvalue weighted by Gasteiger charge is 2.37. The SMILES string of the molecule is CC(OC(=O)c1ccc2c(c1)C(=O)N(c1ccc(Oc3ccccc3)cc1)C2=O)C(=O)c1ccccc1. The number of rotatable bonds is 7. The highest BCUT2D eigenvalue weighted by molar-refractivity contribution is 6.34. The molecule has 0 saturated carbocycles. The highest BCUT2D eigenvalue weighted by Crippen LogP contribution is 2.31. The van der Waals surface area contributed by atoms with Gasteiger partial charge in [-0.3, -0.25) is 14.4 Å². The maximum atomic E-state index is 13.1. The number of amides is 2. The van der Waals surface area contributed by atoms with Crippen molar-refractivity contribution in [2.45, 2.75) is 13.0 Å². The smallest absolute Gasteiger partial charge is 0.338 e. The van der Waals surface area contributed by atoms with Crippen LogP contribution in [-0.4, -0.2) is 29.7 Å². The number of hydrogen-bond acceptors (Lipinski definition) is 6. The molecule has 37 heavy (non-hydrogen) atoms. The molecule has 0 saturated heterocycles. The van der Waals surface area contributed by atoms with E-state index in [0.717, 1.165) is 4.90 Å². The van der Waals surface area contributed by atoms with Crippen LogP contribution in [0.4, 0.5) is 5.69 Å². The molecule has 0 fully saturated rings. The number of carbonyl (C=O) groups is 4. The number of nitrogens with zero attached hydrogens (tertiary/aromatic N) is 1. The second-order valence-electron chi connectivity index (χ2n) is 8.39. The first-order chi connectivity index (χ1) is 17.9. The molecule has 7 heteroatoms. The Bertz CT molecular complexity index is 1500. The molecule has 2 amide bonds. The number of imide groups is 1. The van der Waals surface area contributed by atoms with Gasteiger partial charge < -0.3 is 9.47 Å². The Kier molecular flexibility index (Phi) is 6.34. The van der Waals surface area contributed by atoms with Crippen molar-refractivity contribution in [3.05, 3.63) is 125 Å². The van der Waals surface area contributed by atoms with Crippen molar-refractivity contribution in [3.63, 3.8) is 0 Å². The molecule has 4 aromatic carbocycles. The zero-order chi connectivity index (χ0) is 25.9. The van der Waals surface area contributed by atoms with E-state index in [9.17, 15) is 19.2 Å². The lowest BCUT2D eigenvalue weighted by Crippen LogP contribution is -2.29. The number of para-hydroxylation sites is 1. The largest absolute Gasteiger partial charge is 0.457 e. The highest BCUT2D eigenvalue weighted by atomic mass is 16.5. The molecule has 7 nitrogen and oxygen atoms in total. The molecule has 0 aliphatic carbocycles. The number of Topliss-reactive ketones (excluding diaryl/α,β-unsaturated/α-hetero) is 1. The van der Waals surface area contributed by atoms with Gasteiger partial charge in [0.05, 0.1) is 22.4 Å². The summed E-state index contributed by atoms with van der Waals surface area (Å²) in [5, 5.41) is 0. The molecule has 0 aromatic heterocycles. The van der Waals surface area contributed by atoms with E-state index in [-0.39, 0.29) is 22.5 Å². The third-order valence-electron chi connectivity index (χ3n) is 5.91. The van der Waals surface area contributed by atoms with Gasteiger partial charge in [0.2, 0.25) is 5.78 Å². The number of benzene rings is 4. The van der Waals surface area contributed by atoms with E-state index in [1.165, 1.54) is 25.1 Å². The number of ketones is 1. The van der Waals surface area contributed by atoms with Crippen LogP contribution in [0.2, 0.25) is 0 Å². The Hall–Kier alpha value is -5.04. The lowest BCUT2D eigenvalue weighted by molar-refractivity contribution is 0.0318. The van der Waals surface area contributed by atoms with Gasteiger partial charge in [-0.15, -0.1) is 0 Å². The van der Waals surface area contributed by atoms with Crippen LogP contribution in [0.1, 0.15) is 48.4 Å². The molecule has 5 rings (SSSR count). The van der Waals surface area contributed by atoms with Crippen molar-refractivity contribution >= 4 is 29.3 Å². The minimum absolute atomic E-state index is 0.0704. The van der Waals surface area contributed by atoms with Gasteiger partial charge in [0.1, 0.15) is 11.5 Å². The zero-order valence-corrected chi connectivity index (χ0v) is 19.8. The Morgan fingerprint density at radius 2 is 1.27 bits per heavy atom. The third-order valence-corrected chi connectivity index (χ3v) is 5.91. The molecule has 0 N–H and O–H groups in total. The Morgan fingerprint density at radius 3 is 1.95 bits per heavy atom. The molecule has 1 atom stereocenters. The monoisotopic (exact) mass is 491 g/mol. The minimum Gasteiger partial charge on any atom is -0.457 e. The number of carbonyl (C=O) groups excluding carboxylic acids is 4. The number of fused-ring (bicyclic) bond motifs is 1. The quantitative estimate of drug-likeness (QED) is 0.187. The lowest BCUT2D eigenvalue weighted by Gasteiger charge is -2.14. The minimum atomic E-state index is -1.02. The fourth-order valence-electron chi connectivity index (χ4n) is 4.01. The van der Waals surface area contributed by atoms with Crippen LogP contribution in [0.3, 0.4) is 0 Å². The van der Waals surface area contributed by atoms with Crippen molar-refractivity contribution in [2.75, 3.05) is 4.90 Å². The first-order valence-electron chi connectivity index (χ1n) is 11.6. The fraction of sp³-hybridized carbons (Fsp3) is 0.0667. The Morgan fingerprint density at radius 1 is 0.676 bits per heavy atom. The van der Waals surface area contributed by atoms with Crippen molar-refractivity contribution in [2.24, 2.45) is 0 Å². The molecule has 0 spiro atoms. The molecule has 1 unspecified atom stereocenters. The summed E-state index contributed by atoms with van der Waals surface area (Å²) in [4.78, 5) is 52.4. The summed E-state index contributed by atoms with van der Waals surface area (Å²) in [6, 6.07) is 28.5. The van der Waals surface area contributed by atoms with E-state index >= 15 is 0 Å². The molecule has 0 radical (unpaired) electrons. The Balaban J connectivity index is 1.31. The number of ether oxygens (including phenoxy) is 2. The molecule has 1 aliphatic rings. The summed E-state index contributed by atoms with van der Waals surface area (Å²) in [5.74, 6) is -0.942. The normalized spacial score (nSPS) is 13.2. The molecule has 1 heterocycles. The van der Waals surface area contributed by atoms with Gasteiger partial charge >= 0.3 is 5.97 Å². The zero-order valence-electron chi connectivity index (χ0n) is 19.8. The van der Waals surface area contributed by atoms with Crippen molar-refractivity contribution < 1.29 is 28.7 Å². The van der Waals surface area contributed by atoms with Crippen LogP contribution in [0.15, 0.2) is 103 Å². The average molecular weight is 491 g/mol. The molecular formula is C30H21NO6. The topological polar surface area (TPSA) is 90.0 Å². The van der Waals surface area contributed by atoms with E-state index in [1.807, 2.05) is 30.3 Å². The summed E-state index contributed by atoms with van der Waals surface area (Å²) in [6.07, 6.45) is -1.02. The summed E-state index contributed by atoms with van der Waals surface area (Å²) in [7, 11) is 0. The van der Waals surface area contributed by atoms with E-state index in [1.54, 1.807) is 54.6 Å². The van der Waals surface area contributed by atoms with Gasteiger partial charge in [-0.05, 0) is 61.5 Å². The van der Waals surface area contributed by atoms with Crippen LogP contribution < -0.4 is 9.64 Å². The van der Waals surface area contributed by atoms with Crippen LogP contribution in [0.5, 0.6) is 11.5 Å². The summed E-state index contributed by atoms with van der Waals surface area (Å²) in [6.45, 7) is 1.49. The van der Waals surface area contributed by atoms with Gasteiger partial charge in [-0.2, -0.15) is 0 Å². The first-order valence-corrected chi connectivity index (χ1v) is 11.6. The van der Waals surface area contributed by atoms with Crippen molar-refractivity contribution in [1.82, 2.24) is 0 Å². The number of esters is 1. The molecular weight excluding hydrogens is 470 g/mol. The lowest BCUT2D eigenvalue weighted by atomic mass is 10.1. The number of anilines is 1. The third kappa shape index (κ3) is 4.75. The molecule has 0 bridgehead atoms. The van der Waals surface area contributed by atoms with Gasteiger partial charge in [-0.1, -0.05) is 48.5 Å². The first kappa shape index (κ1) is 23.7. The Labute approximate surface area is 212 Å². The summed E-state index contributed by atoms with van der Waals surface area (Å²) < 4.78 is 11.1. The van der Waals surface area contributed by atoms with E-state index in [4.69, 9.17) is 9.47 Å². The number of hydrogen-bond donors (Lipinski definition) is 0. The maximum Gasteiger partial charge on any atom is 0.338 e. The van der Waals surface area contributed by atoms with Crippen LogP contribution >= 0.6 is 0 Å². The molecule has 1 aliphatic heterocycles.